The summed E-state index contributed by atoms with van der Waals surface area (Å²) in [6.07, 6.45) is 5.09. The summed E-state index contributed by atoms with van der Waals surface area (Å²) in [5.74, 6) is 2.38. The van der Waals surface area contributed by atoms with Gasteiger partial charge in [-0.05, 0) is 18.6 Å². The fourth-order valence-corrected chi connectivity index (χ4v) is 2.03. The molecule has 0 unspecified atom stereocenters. The maximum absolute atomic E-state index is 11.3. The van der Waals surface area contributed by atoms with Crippen LogP contribution in [0.2, 0.25) is 0 Å². The van der Waals surface area contributed by atoms with Gasteiger partial charge >= 0.3 is 0 Å². The fraction of sp³-hybridized carbons (Fsp3) is 0.200. The minimum absolute atomic E-state index is 0.0674. The van der Waals surface area contributed by atoms with E-state index < -0.39 is 10.0 Å². The Labute approximate surface area is 89.5 Å². The number of anilines is 1. The molecule has 1 aromatic rings. The van der Waals surface area contributed by atoms with E-state index in [0.717, 1.165) is 5.56 Å². The smallest absolute Gasteiger partial charge is 0.240 e. The number of nitrogens with one attached hydrogen (secondary N) is 1. The van der Waals surface area contributed by atoms with Crippen molar-refractivity contribution in [1.29, 1.82) is 0 Å². The summed E-state index contributed by atoms with van der Waals surface area (Å²) in [7, 11) is -3.72. The maximum Gasteiger partial charge on any atom is 0.240 e. The van der Waals surface area contributed by atoms with E-state index in [1.54, 1.807) is 19.1 Å². The van der Waals surface area contributed by atoms with Crippen molar-refractivity contribution in [3.8, 4) is 12.3 Å². The van der Waals surface area contributed by atoms with E-state index >= 15 is 0 Å². The number of primary sulfonamides is 1. The lowest BCUT2D eigenvalue weighted by molar-refractivity contribution is 0.598. The molecule has 4 nitrogen and oxygen atoms in total. The van der Waals surface area contributed by atoms with E-state index in [9.17, 15) is 8.42 Å². The van der Waals surface area contributed by atoms with Crippen LogP contribution in [-0.4, -0.2) is 15.0 Å². The Hall–Kier alpha value is -1.51. The average molecular weight is 224 g/mol. The van der Waals surface area contributed by atoms with Crippen molar-refractivity contribution in [2.45, 2.75) is 11.8 Å². The lowest BCUT2D eigenvalue weighted by Gasteiger charge is -2.11. The molecule has 0 atom stereocenters. The zero-order valence-electron chi connectivity index (χ0n) is 8.32. The molecule has 0 radical (unpaired) electrons. The summed E-state index contributed by atoms with van der Waals surface area (Å²) < 4.78 is 22.5. The van der Waals surface area contributed by atoms with Gasteiger partial charge in [0.05, 0.1) is 12.2 Å². The molecule has 0 fully saturated rings. The third kappa shape index (κ3) is 2.72. The second kappa shape index (κ2) is 4.34. The quantitative estimate of drug-likeness (QED) is 0.742. The molecule has 0 spiro atoms. The predicted octanol–water partition coefficient (Wildman–Crippen LogP) is 0.688. The Morgan fingerprint density at radius 2 is 2.20 bits per heavy atom. The first-order valence-electron chi connectivity index (χ1n) is 4.26. The predicted molar refractivity (Wildman–Crippen MR) is 59.9 cm³/mol. The highest BCUT2D eigenvalue weighted by atomic mass is 32.2. The molecule has 0 aliphatic rings. The second-order valence-corrected chi connectivity index (χ2v) is 4.58. The number of hydrogen-bond acceptors (Lipinski definition) is 3. The number of sulfonamides is 1. The molecule has 15 heavy (non-hydrogen) atoms. The van der Waals surface area contributed by atoms with Crippen molar-refractivity contribution in [1.82, 2.24) is 0 Å². The van der Waals surface area contributed by atoms with Gasteiger partial charge in [-0.2, -0.15) is 0 Å². The monoisotopic (exact) mass is 224 g/mol. The number of aryl methyl sites for hydroxylation is 1. The molecule has 0 aromatic heterocycles. The Kier molecular flexibility index (Phi) is 3.35. The van der Waals surface area contributed by atoms with Crippen molar-refractivity contribution >= 4 is 15.7 Å². The molecular formula is C10H12N2O2S. The molecule has 1 aromatic carbocycles. The van der Waals surface area contributed by atoms with Crippen molar-refractivity contribution in [2.75, 3.05) is 11.9 Å². The fourth-order valence-electron chi connectivity index (χ4n) is 1.24. The van der Waals surface area contributed by atoms with Crippen molar-refractivity contribution in [3.63, 3.8) is 0 Å². The molecule has 0 bridgehead atoms. The number of terminal acetylenes is 1. The minimum Gasteiger partial charge on any atom is -0.373 e. The number of benzene rings is 1. The molecular weight excluding hydrogens is 212 g/mol. The highest BCUT2D eigenvalue weighted by Crippen LogP contribution is 2.23. The third-order valence-corrected chi connectivity index (χ3v) is 2.86. The summed E-state index contributed by atoms with van der Waals surface area (Å²) in [5.41, 5.74) is 1.26. The lowest BCUT2D eigenvalue weighted by atomic mass is 10.2. The van der Waals surface area contributed by atoms with Gasteiger partial charge in [-0.25, -0.2) is 13.6 Å². The first kappa shape index (κ1) is 11.6. The molecule has 5 heteroatoms. The van der Waals surface area contributed by atoms with Crippen LogP contribution in [0.5, 0.6) is 0 Å². The lowest BCUT2D eigenvalue weighted by Crippen LogP contribution is -2.15. The largest absolute Gasteiger partial charge is 0.373 e. The molecule has 0 aliphatic carbocycles. The van der Waals surface area contributed by atoms with Crippen molar-refractivity contribution in [3.05, 3.63) is 23.8 Å². The molecule has 3 N–H and O–H groups in total. The zero-order chi connectivity index (χ0) is 11.5. The second-order valence-electron chi connectivity index (χ2n) is 3.05. The van der Waals surface area contributed by atoms with Crippen molar-refractivity contribution < 1.29 is 8.42 Å². The molecule has 0 aliphatic heterocycles. The average Bonchev–Trinajstić information content (AvgIpc) is 2.14. The summed E-state index contributed by atoms with van der Waals surface area (Å²) in [5, 5.41) is 7.92. The van der Waals surface area contributed by atoms with E-state index in [1.807, 2.05) is 0 Å². The van der Waals surface area contributed by atoms with Crippen LogP contribution in [0.15, 0.2) is 23.1 Å². The van der Waals surface area contributed by atoms with Gasteiger partial charge < -0.3 is 5.32 Å². The van der Waals surface area contributed by atoms with Crippen LogP contribution in [0.25, 0.3) is 0 Å². The first-order chi connectivity index (χ1) is 6.96. The van der Waals surface area contributed by atoms with E-state index in [1.165, 1.54) is 6.07 Å². The highest BCUT2D eigenvalue weighted by molar-refractivity contribution is 7.89. The Morgan fingerprint density at radius 3 is 2.73 bits per heavy atom. The number of nitrogens with two attached hydrogens (primary N) is 1. The maximum atomic E-state index is 11.3. The van der Waals surface area contributed by atoms with Crippen LogP contribution in [0.1, 0.15) is 5.56 Å². The Bertz CT molecular complexity index is 501. The molecule has 0 heterocycles. The van der Waals surface area contributed by atoms with Crippen LogP contribution in [0.3, 0.4) is 0 Å². The van der Waals surface area contributed by atoms with Crippen LogP contribution in [-0.2, 0) is 10.0 Å². The standard InChI is InChI=1S/C10H12N2O2S/c1-3-7-12-10-8(2)5-4-6-9(10)15(11,13)14/h1,4-6,12H,7H2,2H3,(H2,11,13,14). The highest BCUT2D eigenvalue weighted by Gasteiger charge is 2.14. The summed E-state index contributed by atoms with van der Waals surface area (Å²) in [6, 6.07) is 4.87. The van der Waals surface area contributed by atoms with Gasteiger partial charge in [0.25, 0.3) is 0 Å². The normalized spacial score (nSPS) is 10.7. The SMILES string of the molecule is C#CCNc1c(C)cccc1S(N)(=O)=O. The van der Waals surface area contributed by atoms with Gasteiger partial charge in [-0.15, -0.1) is 6.42 Å². The minimum atomic E-state index is -3.72. The Morgan fingerprint density at radius 1 is 1.53 bits per heavy atom. The summed E-state index contributed by atoms with van der Waals surface area (Å²) >= 11 is 0. The first-order valence-corrected chi connectivity index (χ1v) is 5.81. The number of hydrogen-bond donors (Lipinski definition) is 2. The van der Waals surface area contributed by atoms with Gasteiger partial charge in [0.1, 0.15) is 4.90 Å². The summed E-state index contributed by atoms with van der Waals surface area (Å²) in [6.45, 7) is 2.04. The van der Waals surface area contributed by atoms with Crippen LogP contribution >= 0.6 is 0 Å². The topological polar surface area (TPSA) is 72.2 Å². The van der Waals surface area contributed by atoms with Crippen LogP contribution < -0.4 is 10.5 Å². The zero-order valence-corrected chi connectivity index (χ0v) is 9.14. The van der Waals surface area contributed by atoms with E-state index in [0.29, 0.717) is 5.69 Å². The molecule has 0 saturated carbocycles. The molecule has 0 amide bonds. The van der Waals surface area contributed by atoms with Crippen LogP contribution in [0, 0.1) is 19.3 Å². The molecule has 0 saturated heterocycles. The van der Waals surface area contributed by atoms with Gasteiger partial charge in [-0.3, -0.25) is 0 Å². The summed E-state index contributed by atoms with van der Waals surface area (Å²) in [4.78, 5) is 0.0674. The van der Waals surface area contributed by atoms with E-state index in [2.05, 4.69) is 11.2 Å². The molecule has 80 valence electrons. The number of para-hydroxylation sites is 1. The van der Waals surface area contributed by atoms with E-state index in [-0.39, 0.29) is 11.4 Å². The van der Waals surface area contributed by atoms with Gasteiger partial charge in [0, 0.05) is 0 Å². The van der Waals surface area contributed by atoms with Gasteiger partial charge in [-0.1, -0.05) is 18.1 Å². The Balaban J connectivity index is 3.28. The van der Waals surface area contributed by atoms with Gasteiger partial charge in [0.15, 0.2) is 0 Å². The van der Waals surface area contributed by atoms with Gasteiger partial charge in [0.2, 0.25) is 10.0 Å². The number of rotatable bonds is 3. The van der Waals surface area contributed by atoms with Crippen LogP contribution in [0.4, 0.5) is 5.69 Å². The third-order valence-electron chi connectivity index (χ3n) is 1.91. The molecule has 1 rings (SSSR count). The van der Waals surface area contributed by atoms with Crippen molar-refractivity contribution in [2.24, 2.45) is 5.14 Å². The van der Waals surface area contributed by atoms with E-state index in [4.69, 9.17) is 11.6 Å².